The van der Waals surface area contributed by atoms with Crippen molar-refractivity contribution in [3.63, 3.8) is 0 Å². The van der Waals surface area contributed by atoms with Crippen LogP contribution in [0.2, 0.25) is 0 Å². The van der Waals surface area contributed by atoms with E-state index in [4.69, 9.17) is 0 Å². The van der Waals surface area contributed by atoms with Gasteiger partial charge >= 0.3 is 0 Å². The van der Waals surface area contributed by atoms with Gasteiger partial charge in [0.05, 0.1) is 12.2 Å². The van der Waals surface area contributed by atoms with Crippen molar-refractivity contribution >= 4 is 24.0 Å². The molecule has 1 fully saturated rings. The summed E-state index contributed by atoms with van der Waals surface area (Å²) in [6.07, 6.45) is 7.05. The number of rotatable bonds is 2. The third-order valence-corrected chi connectivity index (χ3v) is 5.02. The molecule has 2 aliphatic heterocycles. The van der Waals surface area contributed by atoms with E-state index in [2.05, 4.69) is 21.7 Å². The predicted octanol–water partition coefficient (Wildman–Crippen LogP) is 2.61. The van der Waals surface area contributed by atoms with Crippen molar-refractivity contribution in [1.82, 2.24) is 20.3 Å². The number of benzene rings is 1. The molecule has 1 saturated heterocycles. The molecule has 1 aromatic heterocycles. The van der Waals surface area contributed by atoms with E-state index in [0.29, 0.717) is 11.7 Å². The van der Waals surface area contributed by atoms with Crippen molar-refractivity contribution in [1.29, 1.82) is 0 Å². The van der Waals surface area contributed by atoms with Gasteiger partial charge in [0, 0.05) is 12.2 Å². The van der Waals surface area contributed by atoms with Crippen LogP contribution in [0.1, 0.15) is 47.8 Å². The van der Waals surface area contributed by atoms with Crippen molar-refractivity contribution in [3.05, 3.63) is 41.7 Å². The van der Waals surface area contributed by atoms with E-state index in [1.165, 1.54) is 5.56 Å². The fourth-order valence-corrected chi connectivity index (χ4v) is 3.66. The van der Waals surface area contributed by atoms with Crippen LogP contribution in [0, 0.1) is 0 Å². The van der Waals surface area contributed by atoms with Gasteiger partial charge in [0.1, 0.15) is 0 Å². The van der Waals surface area contributed by atoms with Gasteiger partial charge in [0.25, 0.3) is 5.91 Å². The van der Waals surface area contributed by atoms with Gasteiger partial charge in [-0.3, -0.25) is 4.79 Å². The SMILES string of the molecule is Cl.O=C(c1cn(C2CCNCC2)nn1)N1CCCCc2ccccc21. The minimum absolute atomic E-state index is 0. The molecule has 1 aromatic carbocycles. The van der Waals surface area contributed by atoms with Crippen LogP contribution in [-0.2, 0) is 6.42 Å². The Morgan fingerprint density at radius 3 is 2.80 bits per heavy atom. The van der Waals surface area contributed by atoms with Gasteiger partial charge in [-0.1, -0.05) is 23.4 Å². The lowest BCUT2D eigenvalue weighted by Crippen LogP contribution is -2.32. The number of aromatic nitrogens is 3. The Balaban J connectivity index is 0.00000182. The molecular weight excluding hydrogens is 338 g/mol. The maximum atomic E-state index is 13.0. The predicted molar refractivity (Wildman–Crippen MR) is 99.5 cm³/mol. The molecule has 6 nitrogen and oxygen atoms in total. The first-order valence-corrected chi connectivity index (χ1v) is 8.85. The second kappa shape index (κ2) is 7.97. The summed E-state index contributed by atoms with van der Waals surface area (Å²) in [5.74, 6) is -0.0375. The van der Waals surface area contributed by atoms with Crippen molar-refractivity contribution in [2.24, 2.45) is 0 Å². The summed E-state index contributed by atoms with van der Waals surface area (Å²) < 4.78 is 1.87. The Hall–Kier alpha value is -1.92. The quantitative estimate of drug-likeness (QED) is 0.893. The first-order chi connectivity index (χ1) is 11.8. The molecule has 25 heavy (non-hydrogen) atoms. The molecule has 0 spiro atoms. The van der Waals surface area contributed by atoms with E-state index in [-0.39, 0.29) is 18.3 Å². The molecule has 3 heterocycles. The van der Waals surface area contributed by atoms with E-state index in [0.717, 1.165) is 57.4 Å². The number of piperidine rings is 1. The average Bonchev–Trinajstić information content (AvgIpc) is 3.03. The Bertz CT molecular complexity index is 726. The molecule has 2 aromatic rings. The summed E-state index contributed by atoms with van der Waals surface area (Å²) in [5, 5.41) is 11.7. The number of carbonyl (C=O) groups excluding carboxylic acids is 1. The number of hydrogen-bond donors (Lipinski definition) is 1. The van der Waals surface area contributed by atoms with Crippen LogP contribution in [0.15, 0.2) is 30.5 Å². The summed E-state index contributed by atoms with van der Waals surface area (Å²) in [6, 6.07) is 8.54. The van der Waals surface area contributed by atoms with Crippen LogP contribution in [0.25, 0.3) is 0 Å². The molecule has 1 amide bonds. The zero-order chi connectivity index (χ0) is 16.4. The van der Waals surface area contributed by atoms with Gasteiger partial charge in [-0.25, -0.2) is 4.68 Å². The van der Waals surface area contributed by atoms with E-state index in [1.807, 2.05) is 34.0 Å². The monoisotopic (exact) mass is 361 g/mol. The van der Waals surface area contributed by atoms with Crippen LogP contribution in [-0.4, -0.2) is 40.5 Å². The first kappa shape index (κ1) is 17.9. The second-order valence-electron chi connectivity index (χ2n) is 6.61. The average molecular weight is 362 g/mol. The molecule has 1 N–H and O–H groups in total. The minimum atomic E-state index is -0.0375. The number of amides is 1. The number of para-hydroxylation sites is 1. The van der Waals surface area contributed by atoms with Crippen LogP contribution < -0.4 is 10.2 Å². The highest BCUT2D eigenvalue weighted by molar-refractivity contribution is 6.05. The first-order valence-electron chi connectivity index (χ1n) is 8.85. The number of hydrogen-bond acceptors (Lipinski definition) is 4. The largest absolute Gasteiger partial charge is 0.317 e. The van der Waals surface area contributed by atoms with Crippen molar-refractivity contribution in [2.75, 3.05) is 24.5 Å². The molecule has 0 unspecified atom stereocenters. The van der Waals surface area contributed by atoms with Crippen LogP contribution >= 0.6 is 12.4 Å². The van der Waals surface area contributed by atoms with E-state index < -0.39 is 0 Å². The van der Waals surface area contributed by atoms with Gasteiger partial charge in [0.15, 0.2) is 5.69 Å². The van der Waals surface area contributed by atoms with Gasteiger partial charge in [0.2, 0.25) is 0 Å². The molecule has 0 atom stereocenters. The lowest BCUT2D eigenvalue weighted by molar-refractivity contribution is 0.0982. The van der Waals surface area contributed by atoms with E-state index in [9.17, 15) is 4.79 Å². The topological polar surface area (TPSA) is 63.1 Å². The number of nitrogens with zero attached hydrogens (tertiary/aromatic N) is 4. The molecule has 0 aliphatic carbocycles. The van der Waals surface area contributed by atoms with Crippen LogP contribution in [0.5, 0.6) is 0 Å². The number of nitrogens with one attached hydrogen (secondary N) is 1. The molecule has 2 aliphatic rings. The van der Waals surface area contributed by atoms with E-state index in [1.54, 1.807) is 0 Å². The lowest BCUT2D eigenvalue weighted by atomic mass is 10.1. The molecule has 7 heteroatoms. The molecule has 0 bridgehead atoms. The summed E-state index contributed by atoms with van der Waals surface area (Å²) in [7, 11) is 0. The second-order valence-corrected chi connectivity index (χ2v) is 6.61. The van der Waals surface area contributed by atoms with Crippen molar-refractivity contribution in [2.45, 2.75) is 38.1 Å². The van der Waals surface area contributed by atoms with Crippen molar-refractivity contribution < 1.29 is 4.79 Å². The molecular formula is C18H24ClN5O. The number of aryl methyl sites for hydroxylation is 1. The molecule has 4 rings (SSSR count). The lowest BCUT2D eigenvalue weighted by Gasteiger charge is -2.22. The Morgan fingerprint density at radius 1 is 1.16 bits per heavy atom. The fourth-order valence-electron chi connectivity index (χ4n) is 3.66. The van der Waals surface area contributed by atoms with Gasteiger partial charge in [-0.05, 0) is 56.8 Å². The Kier molecular flexibility index (Phi) is 5.71. The van der Waals surface area contributed by atoms with Crippen molar-refractivity contribution in [3.8, 4) is 0 Å². The maximum absolute atomic E-state index is 13.0. The smallest absolute Gasteiger partial charge is 0.280 e. The normalized spacial score (nSPS) is 18.2. The number of halogens is 1. The Labute approximate surface area is 154 Å². The van der Waals surface area contributed by atoms with Crippen LogP contribution in [0.4, 0.5) is 5.69 Å². The summed E-state index contributed by atoms with van der Waals surface area (Å²) in [4.78, 5) is 14.9. The fraction of sp³-hybridized carbons (Fsp3) is 0.500. The summed E-state index contributed by atoms with van der Waals surface area (Å²) >= 11 is 0. The van der Waals surface area contributed by atoms with Crippen LogP contribution in [0.3, 0.4) is 0 Å². The summed E-state index contributed by atoms with van der Waals surface area (Å²) in [6.45, 7) is 2.73. The highest BCUT2D eigenvalue weighted by atomic mass is 35.5. The van der Waals surface area contributed by atoms with E-state index >= 15 is 0 Å². The highest BCUT2D eigenvalue weighted by Gasteiger charge is 2.25. The zero-order valence-corrected chi connectivity index (χ0v) is 15.0. The van der Waals surface area contributed by atoms with Gasteiger partial charge < -0.3 is 10.2 Å². The molecule has 0 saturated carbocycles. The third kappa shape index (κ3) is 3.70. The maximum Gasteiger partial charge on any atom is 0.280 e. The van der Waals surface area contributed by atoms with Gasteiger partial charge in [-0.15, -0.1) is 17.5 Å². The van der Waals surface area contributed by atoms with Gasteiger partial charge in [-0.2, -0.15) is 0 Å². The highest BCUT2D eigenvalue weighted by Crippen LogP contribution is 2.27. The number of anilines is 1. The number of fused-ring (bicyclic) bond motifs is 1. The Morgan fingerprint density at radius 2 is 1.96 bits per heavy atom. The molecule has 134 valence electrons. The minimum Gasteiger partial charge on any atom is -0.317 e. The third-order valence-electron chi connectivity index (χ3n) is 5.02. The zero-order valence-electron chi connectivity index (χ0n) is 14.2. The summed E-state index contributed by atoms with van der Waals surface area (Å²) in [5.41, 5.74) is 2.72. The molecule has 0 radical (unpaired) electrons. The standard InChI is InChI=1S/C18H23N5O.ClH/c24-18(16-13-23(21-20-16)15-8-10-19-11-9-15)22-12-4-3-6-14-5-1-2-7-17(14)22;/h1-2,5,7,13,15,19H,3-4,6,8-12H2;1H. The number of carbonyl (C=O) groups is 1.